The number of hydrogen-bond donors (Lipinski definition) is 2. The second kappa shape index (κ2) is 11.4. The molecule has 2 saturated heterocycles. The monoisotopic (exact) mass is 627 g/mol. The van der Waals surface area contributed by atoms with Crippen LogP contribution < -0.4 is 25.4 Å². The Morgan fingerprint density at radius 2 is 2.05 bits per heavy atom. The van der Waals surface area contributed by atoms with Crippen molar-refractivity contribution >= 4 is 34.0 Å². The Balaban J connectivity index is 1.51. The van der Waals surface area contributed by atoms with Gasteiger partial charge in [-0.05, 0) is 51.5 Å². The quantitative estimate of drug-likeness (QED) is 0.206. The number of aromatic nitrogens is 3. The molecule has 232 valence electrons. The van der Waals surface area contributed by atoms with E-state index in [9.17, 15) is 17.6 Å². The van der Waals surface area contributed by atoms with Crippen molar-refractivity contribution in [2.24, 2.45) is 0 Å². The summed E-state index contributed by atoms with van der Waals surface area (Å²) in [5.41, 5.74) is 2.30. The zero-order valence-electron chi connectivity index (χ0n) is 23.4. The van der Waals surface area contributed by atoms with Gasteiger partial charge in [-0.3, -0.25) is 4.90 Å². The van der Waals surface area contributed by atoms with Crippen LogP contribution in [-0.2, 0) is 6.18 Å². The highest BCUT2D eigenvalue weighted by Crippen LogP contribution is 2.46. The van der Waals surface area contributed by atoms with Crippen LogP contribution in [0.3, 0.4) is 0 Å². The van der Waals surface area contributed by atoms with E-state index in [2.05, 4.69) is 25.2 Å². The standard InChI is InChI=1S/C28H31ClF5N7O2/c1-36-5-3-6-40-8-9-42-25-19-23(21(31)22(37-25)17-10-16(35)11-18(29)20(17)28(32,33)34)38-26(39-24(19)40)43-14-27-4-2-7-41(27)13-15(30)12-27/h10-11,15,36H,2-9,12-14,35H2,1H3/t15-,27+/m1/s1. The van der Waals surface area contributed by atoms with E-state index in [4.69, 9.17) is 26.8 Å². The summed E-state index contributed by atoms with van der Waals surface area (Å²) >= 11 is 5.97. The molecular weight excluding hydrogens is 597 g/mol. The fraction of sp³-hybridized carbons (Fsp3) is 0.536. The Bertz CT molecular complexity index is 1540. The van der Waals surface area contributed by atoms with Crippen molar-refractivity contribution in [3.8, 4) is 23.1 Å². The van der Waals surface area contributed by atoms with Gasteiger partial charge in [0, 0.05) is 30.8 Å². The number of ether oxygens (including phenoxy) is 2. The van der Waals surface area contributed by atoms with Gasteiger partial charge >= 0.3 is 12.2 Å². The lowest BCUT2D eigenvalue weighted by atomic mass is 9.95. The van der Waals surface area contributed by atoms with E-state index in [-0.39, 0.29) is 41.7 Å². The van der Waals surface area contributed by atoms with Crippen molar-refractivity contribution in [2.45, 2.75) is 43.6 Å². The van der Waals surface area contributed by atoms with Gasteiger partial charge in [0.15, 0.2) is 5.82 Å². The van der Waals surface area contributed by atoms with Crippen LogP contribution in [0.1, 0.15) is 31.2 Å². The molecule has 15 heteroatoms. The summed E-state index contributed by atoms with van der Waals surface area (Å²) in [7, 11) is 1.82. The van der Waals surface area contributed by atoms with Crippen LogP contribution in [-0.4, -0.2) is 84.5 Å². The minimum atomic E-state index is -4.94. The molecule has 0 aliphatic carbocycles. The van der Waals surface area contributed by atoms with E-state index in [1.807, 2.05) is 11.9 Å². The zero-order valence-corrected chi connectivity index (χ0v) is 24.2. The highest BCUT2D eigenvalue weighted by Gasteiger charge is 2.49. The van der Waals surface area contributed by atoms with E-state index in [1.165, 1.54) is 0 Å². The number of nitrogens with zero attached hydrogens (tertiary/aromatic N) is 5. The molecule has 2 atom stereocenters. The average molecular weight is 628 g/mol. The molecule has 1 aromatic carbocycles. The van der Waals surface area contributed by atoms with Crippen molar-refractivity contribution in [2.75, 3.05) is 63.6 Å². The number of alkyl halides is 4. The Kier molecular flexibility index (Phi) is 7.88. The highest BCUT2D eigenvalue weighted by atomic mass is 35.5. The molecule has 6 rings (SSSR count). The number of halogens is 6. The summed E-state index contributed by atoms with van der Waals surface area (Å²) < 4.78 is 85.2. The largest absolute Gasteiger partial charge is 0.475 e. The maximum absolute atomic E-state index is 16.5. The number of nitrogens with two attached hydrogens (primary N) is 1. The first-order valence-electron chi connectivity index (χ1n) is 14.1. The average Bonchev–Trinajstić information content (AvgIpc) is 3.40. The van der Waals surface area contributed by atoms with Crippen LogP contribution in [0.4, 0.5) is 33.5 Å². The Hall–Kier alpha value is -3.23. The van der Waals surface area contributed by atoms with Gasteiger partial charge in [0.05, 0.1) is 22.7 Å². The maximum Gasteiger partial charge on any atom is 0.418 e. The third-order valence-corrected chi connectivity index (χ3v) is 8.65. The van der Waals surface area contributed by atoms with E-state index in [0.717, 1.165) is 31.5 Å². The predicted octanol–water partition coefficient (Wildman–Crippen LogP) is 4.85. The molecule has 3 aliphatic rings. The molecule has 0 radical (unpaired) electrons. The van der Waals surface area contributed by atoms with Crippen LogP contribution in [0, 0.1) is 5.82 Å². The summed E-state index contributed by atoms with van der Waals surface area (Å²) in [4.78, 5) is 17.1. The molecule has 3 N–H and O–H groups in total. The van der Waals surface area contributed by atoms with Gasteiger partial charge in [-0.25, -0.2) is 13.8 Å². The van der Waals surface area contributed by atoms with Gasteiger partial charge in [-0.1, -0.05) is 11.6 Å². The van der Waals surface area contributed by atoms with E-state index < -0.39 is 45.5 Å². The number of nitrogen functional groups attached to an aromatic ring is 1. The zero-order chi connectivity index (χ0) is 30.5. The maximum atomic E-state index is 16.5. The van der Waals surface area contributed by atoms with Crippen molar-refractivity contribution in [3.63, 3.8) is 0 Å². The summed E-state index contributed by atoms with van der Waals surface area (Å²) in [6.07, 6.45) is -3.26. The normalized spacial score (nSPS) is 22.1. The minimum absolute atomic E-state index is 0.0874. The summed E-state index contributed by atoms with van der Waals surface area (Å²) in [6, 6.07) is 1.75. The summed E-state index contributed by atoms with van der Waals surface area (Å²) in [5, 5.41) is 2.50. The molecule has 0 unspecified atom stereocenters. The Morgan fingerprint density at radius 1 is 1.23 bits per heavy atom. The lowest BCUT2D eigenvalue weighted by Crippen LogP contribution is -2.43. The number of benzene rings is 1. The summed E-state index contributed by atoms with van der Waals surface area (Å²) in [6.45, 7) is 2.84. The van der Waals surface area contributed by atoms with E-state index >= 15 is 4.39 Å². The third-order valence-electron chi connectivity index (χ3n) is 8.35. The molecule has 2 aromatic heterocycles. The smallest absolute Gasteiger partial charge is 0.418 e. The molecule has 0 amide bonds. The lowest BCUT2D eigenvalue weighted by Gasteiger charge is -2.31. The number of nitrogens with one attached hydrogen (secondary N) is 1. The van der Waals surface area contributed by atoms with E-state index in [1.54, 1.807) is 0 Å². The van der Waals surface area contributed by atoms with Gasteiger partial charge in [0.2, 0.25) is 5.88 Å². The van der Waals surface area contributed by atoms with Crippen molar-refractivity contribution in [1.82, 2.24) is 25.2 Å². The third kappa shape index (κ3) is 5.48. The number of pyridine rings is 1. The fourth-order valence-electron chi connectivity index (χ4n) is 6.45. The van der Waals surface area contributed by atoms with Crippen LogP contribution in [0.5, 0.6) is 11.9 Å². The Labute approximate surface area is 249 Å². The number of rotatable bonds is 8. The second-order valence-electron chi connectivity index (χ2n) is 11.2. The van der Waals surface area contributed by atoms with Crippen molar-refractivity contribution in [1.29, 1.82) is 0 Å². The molecule has 0 spiro atoms. The molecule has 3 aromatic rings. The minimum Gasteiger partial charge on any atom is -0.475 e. The van der Waals surface area contributed by atoms with Gasteiger partial charge in [-0.2, -0.15) is 23.1 Å². The molecule has 5 heterocycles. The predicted molar refractivity (Wildman–Crippen MR) is 152 cm³/mol. The molecule has 0 bridgehead atoms. The van der Waals surface area contributed by atoms with Crippen LogP contribution >= 0.6 is 11.6 Å². The van der Waals surface area contributed by atoms with Gasteiger partial charge in [0.25, 0.3) is 0 Å². The fourth-order valence-corrected chi connectivity index (χ4v) is 6.79. The number of fused-ring (bicyclic) bond motifs is 1. The molecule has 43 heavy (non-hydrogen) atoms. The molecule has 2 fully saturated rings. The first kappa shape index (κ1) is 29.8. The number of anilines is 2. The SMILES string of the molecule is CNCCCN1CCOc2nc(-c3cc(N)cc(Cl)c3C(F)(F)F)c(F)c3nc(OC[C@@]45CCCN4C[C@H](F)C5)nc1c23. The molecular formula is C28H31ClF5N7O2. The first-order chi connectivity index (χ1) is 20.5. The van der Waals surface area contributed by atoms with E-state index in [0.29, 0.717) is 44.8 Å². The highest BCUT2D eigenvalue weighted by molar-refractivity contribution is 6.32. The molecule has 3 aliphatic heterocycles. The lowest BCUT2D eigenvalue weighted by molar-refractivity contribution is -0.137. The molecule has 0 saturated carbocycles. The number of hydrogen-bond acceptors (Lipinski definition) is 9. The van der Waals surface area contributed by atoms with Gasteiger partial charge < -0.3 is 25.4 Å². The van der Waals surface area contributed by atoms with Crippen LogP contribution in [0.25, 0.3) is 22.2 Å². The topological polar surface area (TPSA) is 102 Å². The van der Waals surface area contributed by atoms with Gasteiger partial charge in [-0.15, -0.1) is 0 Å². The Morgan fingerprint density at radius 3 is 2.81 bits per heavy atom. The van der Waals surface area contributed by atoms with Crippen molar-refractivity contribution < 1.29 is 31.4 Å². The van der Waals surface area contributed by atoms with Crippen LogP contribution in [0.15, 0.2) is 12.1 Å². The summed E-state index contributed by atoms with van der Waals surface area (Å²) in [5.74, 6) is -0.962. The van der Waals surface area contributed by atoms with Crippen LogP contribution in [0.2, 0.25) is 5.02 Å². The van der Waals surface area contributed by atoms with Gasteiger partial charge in [0.1, 0.15) is 41.8 Å². The molecule has 9 nitrogen and oxygen atoms in total. The second-order valence-corrected chi connectivity index (χ2v) is 11.6. The van der Waals surface area contributed by atoms with Crippen molar-refractivity contribution in [3.05, 3.63) is 28.5 Å². The first-order valence-corrected chi connectivity index (χ1v) is 14.5.